The quantitative estimate of drug-likeness (QED) is 0.349. The van der Waals surface area contributed by atoms with E-state index in [4.69, 9.17) is 5.53 Å². The minimum Gasteiger partial charge on any atom is -0.292 e. The Morgan fingerprint density at radius 1 is 1.73 bits per heavy atom. The number of amides is 1. The molecule has 0 aliphatic rings. The molecule has 0 bridgehead atoms. The van der Waals surface area contributed by atoms with Crippen LogP contribution in [0, 0.1) is 5.92 Å². The number of azide groups is 1. The van der Waals surface area contributed by atoms with Crippen LogP contribution in [0.1, 0.15) is 33.1 Å². The molecule has 11 heavy (non-hydrogen) atoms. The van der Waals surface area contributed by atoms with E-state index in [0.29, 0.717) is 0 Å². The molecule has 0 rings (SSSR count). The summed E-state index contributed by atoms with van der Waals surface area (Å²) in [6, 6.07) is 0. The molecule has 4 heteroatoms. The average molecular weight is 155 g/mol. The first-order chi connectivity index (χ1) is 5.22. The molecule has 0 aliphatic carbocycles. The van der Waals surface area contributed by atoms with Crippen LogP contribution in [0.15, 0.2) is 5.11 Å². The summed E-state index contributed by atoms with van der Waals surface area (Å²) in [6.45, 7) is 3.84. The van der Waals surface area contributed by atoms with Gasteiger partial charge in [-0.3, -0.25) is 4.79 Å². The highest BCUT2D eigenvalue weighted by atomic mass is 16.1. The maximum absolute atomic E-state index is 10.8. The van der Waals surface area contributed by atoms with Gasteiger partial charge in [-0.2, -0.15) is 0 Å². The van der Waals surface area contributed by atoms with Gasteiger partial charge in [0.05, 0.1) is 0 Å². The second-order valence-corrected chi connectivity index (χ2v) is 2.57. The van der Waals surface area contributed by atoms with Gasteiger partial charge >= 0.3 is 0 Å². The topological polar surface area (TPSA) is 65.8 Å². The second kappa shape index (κ2) is 5.74. The van der Waals surface area contributed by atoms with Crippen LogP contribution in [-0.2, 0) is 4.79 Å². The van der Waals surface area contributed by atoms with Crippen LogP contribution in [0.2, 0.25) is 0 Å². The lowest BCUT2D eigenvalue weighted by Gasteiger charge is -2.03. The molecular weight excluding hydrogens is 142 g/mol. The number of hydrogen-bond donors (Lipinski definition) is 0. The van der Waals surface area contributed by atoms with E-state index in [1.54, 1.807) is 6.92 Å². The summed E-state index contributed by atoms with van der Waals surface area (Å²) in [5.74, 6) is -0.466. The predicted octanol–water partition coefficient (Wildman–Crippen LogP) is 2.65. The SMILES string of the molecule is CCCCC(C)C(=O)N=[N+]=[N-]. The monoisotopic (exact) mass is 155 g/mol. The van der Waals surface area contributed by atoms with Gasteiger partial charge in [0.2, 0.25) is 5.91 Å². The fraction of sp³-hybridized carbons (Fsp3) is 0.857. The molecule has 0 spiro atoms. The number of hydrogen-bond acceptors (Lipinski definition) is 1. The van der Waals surface area contributed by atoms with Crippen molar-refractivity contribution in [3.05, 3.63) is 10.4 Å². The van der Waals surface area contributed by atoms with Gasteiger partial charge < -0.3 is 0 Å². The van der Waals surface area contributed by atoms with Crippen LogP contribution < -0.4 is 0 Å². The van der Waals surface area contributed by atoms with Gasteiger partial charge in [0.1, 0.15) is 0 Å². The molecule has 0 aliphatic heterocycles. The van der Waals surface area contributed by atoms with Crippen molar-refractivity contribution < 1.29 is 4.79 Å². The Bertz CT molecular complexity index is 173. The highest BCUT2D eigenvalue weighted by molar-refractivity contribution is 5.78. The Hall–Kier alpha value is -1.02. The van der Waals surface area contributed by atoms with Crippen molar-refractivity contribution in [2.75, 3.05) is 0 Å². The van der Waals surface area contributed by atoms with Gasteiger partial charge in [0.15, 0.2) is 0 Å². The maximum atomic E-state index is 10.8. The fourth-order valence-corrected chi connectivity index (χ4v) is 0.776. The van der Waals surface area contributed by atoms with Crippen LogP contribution in [0.25, 0.3) is 10.4 Å². The van der Waals surface area contributed by atoms with Gasteiger partial charge in [0.25, 0.3) is 0 Å². The molecule has 0 fully saturated rings. The molecule has 0 aromatic rings. The molecule has 0 N–H and O–H groups in total. The van der Waals surface area contributed by atoms with Gasteiger partial charge in [-0.05, 0) is 17.1 Å². The molecule has 1 amide bonds. The lowest BCUT2D eigenvalue weighted by molar-refractivity contribution is -0.121. The number of rotatable bonds is 4. The Balaban J connectivity index is 3.73. The predicted molar refractivity (Wildman–Crippen MR) is 42.8 cm³/mol. The highest BCUT2D eigenvalue weighted by Gasteiger charge is 2.08. The third-order valence-electron chi connectivity index (χ3n) is 1.56. The summed E-state index contributed by atoms with van der Waals surface area (Å²) in [6.07, 6.45) is 2.89. The summed E-state index contributed by atoms with van der Waals surface area (Å²) >= 11 is 0. The first-order valence-corrected chi connectivity index (χ1v) is 3.81. The average Bonchev–Trinajstić information content (AvgIpc) is 2.00. The highest BCUT2D eigenvalue weighted by Crippen LogP contribution is 2.08. The molecule has 1 unspecified atom stereocenters. The zero-order valence-electron chi connectivity index (χ0n) is 6.95. The molecule has 0 aromatic carbocycles. The van der Waals surface area contributed by atoms with E-state index < -0.39 is 0 Å². The molecule has 0 heterocycles. The van der Waals surface area contributed by atoms with Crippen molar-refractivity contribution in [1.82, 2.24) is 0 Å². The third kappa shape index (κ3) is 4.39. The number of nitrogens with zero attached hydrogens (tertiary/aromatic N) is 3. The Kier molecular flexibility index (Phi) is 5.21. The van der Waals surface area contributed by atoms with Crippen LogP contribution >= 0.6 is 0 Å². The molecule has 0 saturated carbocycles. The van der Waals surface area contributed by atoms with Crippen molar-refractivity contribution in [1.29, 1.82) is 0 Å². The molecule has 0 radical (unpaired) electrons. The fourth-order valence-electron chi connectivity index (χ4n) is 0.776. The van der Waals surface area contributed by atoms with Crippen molar-refractivity contribution in [2.45, 2.75) is 33.1 Å². The van der Waals surface area contributed by atoms with Gasteiger partial charge in [-0.1, -0.05) is 26.7 Å². The van der Waals surface area contributed by atoms with E-state index in [2.05, 4.69) is 16.9 Å². The molecule has 4 nitrogen and oxygen atoms in total. The number of carbonyl (C=O) groups excluding carboxylic acids is 1. The Morgan fingerprint density at radius 3 is 2.82 bits per heavy atom. The second-order valence-electron chi connectivity index (χ2n) is 2.57. The summed E-state index contributed by atoms with van der Waals surface area (Å²) in [7, 11) is 0. The summed E-state index contributed by atoms with van der Waals surface area (Å²) < 4.78 is 0. The lowest BCUT2D eigenvalue weighted by Crippen LogP contribution is -2.06. The van der Waals surface area contributed by atoms with Crippen LogP contribution in [0.3, 0.4) is 0 Å². The van der Waals surface area contributed by atoms with E-state index in [0.717, 1.165) is 19.3 Å². The van der Waals surface area contributed by atoms with Crippen LogP contribution in [0.4, 0.5) is 0 Å². The molecule has 1 atom stereocenters. The zero-order chi connectivity index (χ0) is 8.69. The van der Waals surface area contributed by atoms with E-state index in [-0.39, 0.29) is 11.8 Å². The van der Waals surface area contributed by atoms with Crippen molar-refractivity contribution in [3.8, 4) is 0 Å². The molecular formula is C7H13N3O. The van der Waals surface area contributed by atoms with Gasteiger partial charge in [-0.15, -0.1) is 0 Å². The summed E-state index contributed by atoms with van der Waals surface area (Å²) in [4.78, 5) is 13.3. The molecule has 0 aromatic heterocycles. The van der Waals surface area contributed by atoms with Gasteiger partial charge in [-0.25, -0.2) is 0 Å². The minimum atomic E-state index is -0.346. The normalized spacial score (nSPS) is 11.8. The third-order valence-corrected chi connectivity index (χ3v) is 1.56. The van der Waals surface area contributed by atoms with E-state index in [1.165, 1.54) is 0 Å². The van der Waals surface area contributed by atoms with E-state index in [9.17, 15) is 4.79 Å². The van der Waals surface area contributed by atoms with Crippen molar-refractivity contribution >= 4 is 5.91 Å². The van der Waals surface area contributed by atoms with E-state index in [1.807, 2.05) is 0 Å². The zero-order valence-corrected chi connectivity index (χ0v) is 6.95. The molecule has 0 saturated heterocycles. The summed E-state index contributed by atoms with van der Waals surface area (Å²) in [5, 5.41) is 3.02. The number of unbranched alkanes of at least 4 members (excludes halogenated alkanes) is 1. The molecule has 62 valence electrons. The largest absolute Gasteiger partial charge is 0.292 e. The maximum Gasteiger partial charge on any atom is 0.221 e. The Labute approximate surface area is 66.2 Å². The van der Waals surface area contributed by atoms with Crippen molar-refractivity contribution in [3.63, 3.8) is 0 Å². The smallest absolute Gasteiger partial charge is 0.221 e. The minimum absolute atomic E-state index is 0.120. The van der Waals surface area contributed by atoms with E-state index >= 15 is 0 Å². The summed E-state index contributed by atoms with van der Waals surface area (Å²) in [5.41, 5.74) is 7.95. The first-order valence-electron chi connectivity index (χ1n) is 3.81. The standard InChI is InChI=1S/C7H13N3O/c1-3-4-5-6(2)7(11)9-10-8/h6H,3-5H2,1-2H3. The first kappa shape index (κ1) is 9.98. The van der Waals surface area contributed by atoms with Crippen LogP contribution in [0.5, 0.6) is 0 Å². The number of carbonyl (C=O) groups is 1. The lowest BCUT2D eigenvalue weighted by atomic mass is 10.0. The van der Waals surface area contributed by atoms with Gasteiger partial charge in [0, 0.05) is 10.8 Å². The van der Waals surface area contributed by atoms with Crippen molar-refractivity contribution in [2.24, 2.45) is 11.0 Å². The Morgan fingerprint density at radius 2 is 2.36 bits per heavy atom. The van der Waals surface area contributed by atoms with Crippen LogP contribution in [-0.4, -0.2) is 5.91 Å².